The van der Waals surface area contributed by atoms with Gasteiger partial charge >= 0.3 is 6.09 Å². The summed E-state index contributed by atoms with van der Waals surface area (Å²) >= 11 is 0. The summed E-state index contributed by atoms with van der Waals surface area (Å²) in [6, 6.07) is 7.74. The molecule has 0 atom stereocenters. The molecule has 74 valence electrons. The zero-order valence-electron chi connectivity index (χ0n) is 7.27. The number of primary amides is 1. The Kier molecular flexibility index (Phi) is 2.90. The van der Waals surface area contributed by atoms with Gasteiger partial charge in [0.05, 0.1) is 11.0 Å². The van der Waals surface area contributed by atoms with Crippen LogP contribution in [-0.2, 0) is 0 Å². The smallest absolute Gasteiger partial charge is 0.402 e. The lowest BCUT2D eigenvalue weighted by atomic mass is 10.3. The largest absolute Gasteiger partial charge is 0.465 e. The Morgan fingerprint density at radius 2 is 2.00 bits per heavy atom. The van der Waals surface area contributed by atoms with E-state index in [9.17, 15) is 0 Å². The molecule has 1 amide bonds. The average Bonchev–Trinajstić information content (AvgIpc) is 2.42. The first-order valence-corrected chi connectivity index (χ1v) is 3.78. The molecule has 6 N–H and O–H groups in total. The summed E-state index contributed by atoms with van der Waals surface area (Å²) in [4.78, 5) is 15.7. The number of imidazole rings is 1. The minimum atomic E-state index is -1.33. The van der Waals surface area contributed by atoms with Crippen LogP contribution in [0.15, 0.2) is 24.3 Å². The molecule has 0 aliphatic heterocycles. The number of nitrogens with two attached hydrogens (primary N) is 2. The van der Waals surface area contributed by atoms with Gasteiger partial charge in [-0.15, -0.1) is 0 Å². The maximum atomic E-state index is 8.78. The fourth-order valence-corrected chi connectivity index (χ4v) is 0.973. The zero-order valence-corrected chi connectivity index (χ0v) is 7.27. The van der Waals surface area contributed by atoms with E-state index in [1.807, 2.05) is 24.3 Å². The lowest BCUT2D eigenvalue weighted by Crippen LogP contribution is -2.03. The summed E-state index contributed by atoms with van der Waals surface area (Å²) in [6.45, 7) is 0. The molecule has 0 aliphatic carbocycles. The van der Waals surface area contributed by atoms with Crippen molar-refractivity contribution in [2.75, 3.05) is 5.73 Å². The molecule has 0 saturated heterocycles. The molecule has 0 saturated carbocycles. The highest BCUT2D eigenvalue weighted by molar-refractivity contribution is 5.76. The number of hydrogen-bond acceptors (Lipinski definition) is 3. The number of carboxylic acid groups (broad SMARTS) is 1. The van der Waals surface area contributed by atoms with Crippen molar-refractivity contribution in [2.24, 2.45) is 5.73 Å². The van der Waals surface area contributed by atoms with Crippen molar-refractivity contribution >= 4 is 23.1 Å². The van der Waals surface area contributed by atoms with Crippen molar-refractivity contribution in [2.45, 2.75) is 0 Å². The number of anilines is 1. The first kappa shape index (κ1) is 9.85. The van der Waals surface area contributed by atoms with Crippen LogP contribution in [0.2, 0.25) is 0 Å². The van der Waals surface area contributed by atoms with Crippen LogP contribution in [0, 0.1) is 0 Å². The molecule has 14 heavy (non-hydrogen) atoms. The summed E-state index contributed by atoms with van der Waals surface area (Å²) < 4.78 is 0. The highest BCUT2D eigenvalue weighted by atomic mass is 16.4. The summed E-state index contributed by atoms with van der Waals surface area (Å²) in [5, 5.41) is 7.19. The average molecular weight is 194 g/mol. The molecule has 6 heteroatoms. The number of nitrogen functional groups attached to an aromatic ring is 1. The quantitative estimate of drug-likeness (QED) is 0.495. The molecule has 2 rings (SSSR count). The maximum absolute atomic E-state index is 8.78. The van der Waals surface area contributed by atoms with Crippen molar-refractivity contribution < 1.29 is 9.90 Å². The Labute approximate surface area is 79.5 Å². The van der Waals surface area contributed by atoms with Crippen molar-refractivity contribution in [3.05, 3.63) is 24.3 Å². The van der Waals surface area contributed by atoms with E-state index in [4.69, 9.17) is 15.6 Å². The van der Waals surface area contributed by atoms with E-state index in [1.165, 1.54) is 0 Å². The Morgan fingerprint density at radius 1 is 1.43 bits per heavy atom. The molecule has 1 aromatic carbocycles. The highest BCUT2D eigenvalue weighted by Crippen LogP contribution is 2.10. The number of fused-ring (bicyclic) bond motifs is 1. The zero-order chi connectivity index (χ0) is 10.6. The van der Waals surface area contributed by atoms with Crippen molar-refractivity contribution in [1.82, 2.24) is 9.97 Å². The number of rotatable bonds is 0. The molecule has 1 aromatic heterocycles. The number of nitrogens with zero attached hydrogens (tertiary/aromatic N) is 1. The molecule has 2 aromatic rings. The number of para-hydroxylation sites is 2. The van der Waals surface area contributed by atoms with Crippen LogP contribution in [0.25, 0.3) is 11.0 Å². The maximum Gasteiger partial charge on any atom is 0.402 e. The van der Waals surface area contributed by atoms with Gasteiger partial charge in [-0.2, -0.15) is 0 Å². The van der Waals surface area contributed by atoms with Gasteiger partial charge in [-0.25, -0.2) is 9.78 Å². The van der Waals surface area contributed by atoms with Gasteiger partial charge in [0.1, 0.15) is 0 Å². The second-order valence-electron chi connectivity index (χ2n) is 2.48. The van der Waals surface area contributed by atoms with Crippen molar-refractivity contribution in [3.8, 4) is 0 Å². The van der Waals surface area contributed by atoms with Gasteiger partial charge in [0.25, 0.3) is 0 Å². The Balaban J connectivity index is 0.000000213. The van der Waals surface area contributed by atoms with E-state index in [0.29, 0.717) is 5.95 Å². The van der Waals surface area contributed by atoms with Crippen LogP contribution < -0.4 is 11.5 Å². The molecule has 0 spiro atoms. The van der Waals surface area contributed by atoms with Crippen molar-refractivity contribution in [3.63, 3.8) is 0 Å². The van der Waals surface area contributed by atoms with Gasteiger partial charge in [0.2, 0.25) is 0 Å². The first-order chi connectivity index (χ1) is 6.59. The number of nitrogens with one attached hydrogen (secondary N) is 1. The van der Waals surface area contributed by atoms with Gasteiger partial charge in [0.15, 0.2) is 5.95 Å². The lowest BCUT2D eigenvalue weighted by molar-refractivity contribution is 0.205. The normalized spacial score (nSPS) is 9.14. The van der Waals surface area contributed by atoms with Crippen molar-refractivity contribution in [1.29, 1.82) is 0 Å². The van der Waals surface area contributed by atoms with E-state index in [0.717, 1.165) is 11.0 Å². The lowest BCUT2D eigenvalue weighted by Gasteiger charge is -1.81. The Morgan fingerprint density at radius 3 is 2.57 bits per heavy atom. The third kappa shape index (κ3) is 2.67. The SMILES string of the molecule is NC(=O)O.Nc1nc2ccccc2[nH]1. The molecule has 0 radical (unpaired) electrons. The summed E-state index contributed by atoms with van der Waals surface area (Å²) in [5.74, 6) is 0.473. The van der Waals surface area contributed by atoms with E-state index in [-0.39, 0.29) is 0 Å². The summed E-state index contributed by atoms with van der Waals surface area (Å²) in [5.41, 5.74) is 11.4. The van der Waals surface area contributed by atoms with Crippen LogP contribution >= 0.6 is 0 Å². The molecule has 1 heterocycles. The number of carbonyl (C=O) groups is 1. The second kappa shape index (κ2) is 4.13. The molecular weight excluding hydrogens is 184 g/mol. The number of hydrogen-bond donors (Lipinski definition) is 4. The number of aromatic nitrogens is 2. The van der Waals surface area contributed by atoms with Crippen LogP contribution in [-0.4, -0.2) is 21.2 Å². The minimum Gasteiger partial charge on any atom is -0.465 e. The predicted molar refractivity (Wildman–Crippen MR) is 52.7 cm³/mol. The monoisotopic (exact) mass is 194 g/mol. The third-order valence-electron chi connectivity index (χ3n) is 1.41. The summed E-state index contributed by atoms with van der Waals surface area (Å²) in [6.07, 6.45) is -1.33. The molecule has 0 unspecified atom stereocenters. The molecule has 0 fully saturated rings. The molecule has 0 aliphatic rings. The molecule has 0 bridgehead atoms. The fraction of sp³-hybridized carbons (Fsp3) is 0. The number of benzene rings is 1. The van der Waals surface area contributed by atoms with Crippen LogP contribution in [0.3, 0.4) is 0 Å². The van der Waals surface area contributed by atoms with Gasteiger partial charge in [0, 0.05) is 0 Å². The predicted octanol–water partition coefficient (Wildman–Crippen LogP) is 0.768. The van der Waals surface area contributed by atoms with E-state index in [1.54, 1.807) is 0 Å². The molecular formula is C8H10N4O2. The van der Waals surface area contributed by atoms with E-state index >= 15 is 0 Å². The molecule has 6 nitrogen and oxygen atoms in total. The minimum absolute atomic E-state index is 0.473. The first-order valence-electron chi connectivity index (χ1n) is 3.78. The van der Waals surface area contributed by atoms with Crippen LogP contribution in [0.1, 0.15) is 0 Å². The van der Waals surface area contributed by atoms with E-state index < -0.39 is 6.09 Å². The summed E-state index contributed by atoms with van der Waals surface area (Å²) in [7, 11) is 0. The highest BCUT2D eigenvalue weighted by Gasteiger charge is 1.94. The van der Waals surface area contributed by atoms with Gasteiger partial charge in [-0.05, 0) is 12.1 Å². The Hall–Kier alpha value is -2.24. The standard InChI is InChI=1S/C7H7N3.CH3NO2/c8-7-9-5-3-1-2-4-6(5)10-7;2-1(3)4/h1-4H,(H3,8,9,10);2H2,(H,3,4). The fourth-order valence-electron chi connectivity index (χ4n) is 0.973. The van der Waals surface area contributed by atoms with Crippen LogP contribution in [0.4, 0.5) is 10.7 Å². The number of amides is 1. The van der Waals surface area contributed by atoms with Gasteiger partial charge in [-0.3, -0.25) is 0 Å². The Bertz CT molecular complexity index is 401. The van der Waals surface area contributed by atoms with Crippen LogP contribution in [0.5, 0.6) is 0 Å². The van der Waals surface area contributed by atoms with E-state index in [2.05, 4.69) is 15.7 Å². The third-order valence-corrected chi connectivity index (χ3v) is 1.41. The van der Waals surface area contributed by atoms with Gasteiger partial charge < -0.3 is 21.6 Å². The number of H-pyrrole nitrogens is 1. The topological polar surface area (TPSA) is 118 Å². The van der Waals surface area contributed by atoms with Gasteiger partial charge in [-0.1, -0.05) is 12.1 Å². The second-order valence-corrected chi connectivity index (χ2v) is 2.48. The number of aromatic amines is 1.